The first-order chi connectivity index (χ1) is 12.1. The lowest BCUT2D eigenvalue weighted by Crippen LogP contribution is -2.57. The van der Waals surface area contributed by atoms with Crippen LogP contribution in [-0.2, 0) is 14.8 Å². The van der Waals surface area contributed by atoms with E-state index in [-0.39, 0.29) is 41.3 Å². The number of sulfonamides is 1. The molecule has 0 amide bonds. The zero-order valence-electron chi connectivity index (χ0n) is 15.2. The van der Waals surface area contributed by atoms with E-state index in [0.29, 0.717) is 6.54 Å². The van der Waals surface area contributed by atoms with Crippen LogP contribution in [0.15, 0.2) is 17.0 Å². The number of carbonyl (C=O) groups is 1. The van der Waals surface area contributed by atoms with Gasteiger partial charge in [0, 0.05) is 36.8 Å². The summed E-state index contributed by atoms with van der Waals surface area (Å²) in [6.07, 6.45) is 0. The fraction of sp³-hybridized carbons (Fsp3) is 0.562. The van der Waals surface area contributed by atoms with Gasteiger partial charge in [0.25, 0.3) is 5.69 Å². The number of nitrogens with one attached hydrogen (secondary N) is 1. The van der Waals surface area contributed by atoms with Crippen molar-refractivity contribution in [3.05, 3.63) is 33.4 Å². The van der Waals surface area contributed by atoms with Gasteiger partial charge in [-0.2, -0.15) is 4.31 Å². The minimum atomic E-state index is -4.01. The molecule has 0 saturated carbocycles. The number of hydrogen-bond acceptors (Lipinski definition) is 7. The molecule has 2 rings (SSSR count). The van der Waals surface area contributed by atoms with Crippen LogP contribution < -0.4 is 5.32 Å². The van der Waals surface area contributed by atoms with E-state index >= 15 is 0 Å². The molecule has 0 bridgehead atoms. The van der Waals surface area contributed by atoms with Crippen LogP contribution in [0.3, 0.4) is 0 Å². The van der Waals surface area contributed by atoms with Gasteiger partial charge in [-0.1, -0.05) is 0 Å². The van der Waals surface area contributed by atoms with Crippen molar-refractivity contribution >= 4 is 21.7 Å². The normalized spacial score (nSPS) is 21.4. The summed E-state index contributed by atoms with van der Waals surface area (Å²) in [6.45, 7) is 7.43. The summed E-state index contributed by atoms with van der Waals surface area (Å²) in [5.74, 6) is -0.785. The third kappa shape index (κ3) is 3.71. The Labute approximate surface area is 152 Å². The smallest absolute Gasteiger partial charge is 0.338 e. The summed E-state index contributed by atoms with van der Waals surface area (Å²) >= 11 is 0. The SMILES string of the molecule is CCOC(=O)c1cc(S(=O)(=O)N2CCNC(C)C2C)cc([N+](=O)[O-])c1C. The van der Waals surface area contributed by atoms with Gasteiger partial charge < -0.3 is 10.1 Å². The number of carbonyl (C=O) groups excluding carboxylic acids is 1. The number of ether oxygens (including phenoxy) is 1. The Balaban J connectivity index is 2.61. The lowest BCUT2D eigenvalue weighted by molar-refractivity contribution is -0.385. The minimum Gasteiger partial charge on any atom is -0.462 e. The number of nitro benzene ring substituents is 1. The summed E-state index contributed by atoms with van der Waals surface area (Å²) in [5, 5.41) is 14.5. The Morgan fingerprint density at radius 2 is 2.08 bits per heavy atom. The van der Waals surface area contributed by atoms with Gasteiger partial charge in [-0.3, -0.25) is 10.1 Å². The van der Waals surface area contributed by atoms with Crippen molar-refractivity contribution in [2.24, 2.45) is 0 Å². The summed E-state index contributed by atoms with van der Waals surface area (Å²) in [5.41, 5.74) is -0.463. The topological polar surface area (TPSA) is 119 Å². The average Bonchev–Trinajstić information content (AvgIpc) is 2.57. The number of nitrogens with zero attached hydrogens (tertiary/aromatic N) is 2. The molecule has 1 N–H and O–H groups in total. The lowest BCUT2D eigenvalue weighted by Gasteiger charge is -2.37. The lowest BCUT2D eigenvalue weighted by atomic mass is 10.1. The molecule has 9 nitrogen and oxygen atoms in total. The van der Waals surface area contributed by atoms with Crippen LogP contribution in [0.25, 0.3) is 0 Å². The van der Waals surface area contributed by atoms with Crippen LogP contribution in [0.1, 0.15) is 36.7 Å². The first-order valence-corrected chi connectivity index (χ1v) is 9.76. The highest BCUT2D eigenvalue weighted by molar-refractivity contribution is 7.89. The maximum absolute atomic E-state index is 13.1. The molecule has 0 spiro atoms. The summed E-state index contributed by atoms with van der Waals surface area (Å²) in [6, 6.07) is 1.77. The maximum atomic E-state index is 13.1. The minimum absolute atomic E-state index is 0.0662. The van der Waals surface area contributed by atoms with Crippen molar-refractivity contribution in [2.45, 2.75) is 44.7 Å². The van der Waals surface area contributed by atoms with Gasteiger partial charge in [0.1, 0.15) is 0 Å². The van der Waals surface area contributed by atoms with E-state index < -0.39 is 26.6 Å². The number of hydrogen-bond donors (Lipinski definition) is 1. The molecular weight excluding hydrogens is 362 g/mol. The standard InChI is InChI=1S/C16H23N3O6S/c1-5-25-16(20)14-8-13(9-15(10(14)2)19(21)22)26(23,24)18-7-6-17-11(3)12(18)4/h8-9,11-12,17H,5-7H2,1-4H3. The van der Waals surface area contributed by atoms with Crippen LogP contribution >= 0.6 is 0 Å². The van der Waals surface area contributed by atoms with E-state index in [4.69, 9.17) is 4.74 Å². The highest BCUT2D eigenvalue weighted by atomic mass is 32.2. The van der Waals surface area contributed by atoms with E-state index in [0.717, 1.165) is 12.1 Å². The molecule has 10 heteroatoms. The molecule has 1 aromatic rings. The maximum Gasteiger partial charge on any atom is 0.338 e. The number of piperazine rings is 1. The highest BCUT2D eigenvalue weighted by Crippen LogP contribution is 2.30. The molecule has 1 aromatic carbocycles. The van der Waals surface area contributed by atoms with Crippen molar-refractivity contribution < 1.29 is 22.9 Å². The number of rotatable bonds is 5. The molecule has 1 aliphatic heterocycles. The van der Waals surface area contributed by atoms with Crippen molar-refractivity contribution in [2.75, 3.05) is 19.7 Å². The summed E-state index contributed by atoms with van der Waals surface area (Å²) in [4.78, 5) is 22.5. The molecule has 2 atom stereocenters. The van der Waals surface area contributed by atoms with Gasteiger partial charge in [-0.15, -0.1) is 0 Å². The second kappa shape index (κ2) is 7.68. The molecule has 0 radical (unpaired) electrons. The van der Waals surface area contributed by atoms with Crippen LogP contribution in [0.2, 0.25) is 0 Å². The van der Waals surface area contributed by atoms with E-state index in [1.807, 2.05) is 6.92 Å². The zero-order valence-corrected chi connectivity index (χ0v) is 16.0. The van der Waals surface area contributed by atoms with Gasteiger partial charge >= 0.3 is 5.97 Å². The molecule has 1 fully saturated rings. The van der Waals surface area contributed by atoms with E-state index in [1.165, 1.54) is 11.2 Å². The van der Waals surface area contributed by atoms with Gasteiger partial charge in [-0.25, -0.2) is 13.2 Å². The Morgan fingerprint density at radius 1 is 1.42 bits per heavy atom. The molecule has 1 heterocycles. The van der Waals surface area contributed by atoms with Crippen molar-refractivity contribution in [3.8, 4) is 0 Å². The molecule has 0 aliphatic carbocycles. The zero-order chi connectivity index (χ0) is 19.6. The predicted molar refractivity (Wildman–Crippen MR) is 94.6 cm³/mol. The predicted octanol–water partition coefficient (Wildman–Crippen LogP) is 1.45. The van der Waals surface area contributed by atoms with Crippen LogP contribution in [-0.4, -0.2) is 55.4 Å². The molecule has 26 heavy (non-hydrogen) atoms. The Morgan fingerprint density at radius 3 is 2.65 bits per heavy atom. The monoisotopic (exact) mass is 385 g/mol. The Hall–Kier alpha value is -2.04. The fourth-order valence-electron chi connectivity index (χ4n) is 2.93. The number of nitro groups is 1. The summed E-state index contributed by atoms with van der Waals surface area (Å²) < 4.78 is 32.4. The molecule has 0 aromatic heterocycles. The van der Waals surface area contributed by atoms with E-state index in [9.17, 15) is 23.3 Å². The Bertz CT molecular complexity index is 824. The number of esters is 1. The van der Waals surface area contributed by atoms with Crippen molar-refractivity contribution in [3.63, 3.8) is 0 Å². The van der Waals surface area contributed by atoms with Gasteiger partial charge in [0.2, 0.25) is 10.0 Å². The van der Waals surface area contributed by atoms with Gasteiger partial charge in [0.15, 0.2) is 0 Å². The second-order valence-corrected chi connectivity index (χ2v) is 8.08. The van der Waals surface area contributed by atoms with Gasteiger partial charge in [0.05, 0.1) is 22.0 Å². The average molecular weight is 385 g/mol. The largest absolute Gasteiger partial charge is 0.462 e. The third-order valence-corrected chi connectivity index (χ3v) is 6.59. The van der Waals surface area contributed by atoms with E-state index in [2.05, 4.69) is 5.32 Å². The van der Waals surface area contributed by atoms with Crippen molar-refractivity contribution in [1.29, 1.82) is 0 Å². The second-order valence-electron chi connectivity index (χ2n) is 6.19. The fourth-order valence-corrected chi connectivity index (χ4v) is 4.68. The first kappa shape index (κ1) is 20.3. The molecular formula is C16H23N3O6S. The van der Waals surface area contributed by atoms with Crippen LogP contribution in [0, 0.1) is 17.0 Å². The molecule has 1 saturated heterocycles. The van der Waals surface area contributed by atoms with Crippen molar-refractivity contribution in [1.82, 2.24) is 9.62 Å². The van der Waals surface area contributed by atoms with E-state index in [1.54, 1.807) is 13.8 Å². The first-order valence-electron chi connectivity index (χ1n) is 8.32. The summed E-state index contributed by atoms with van der Waals surface area (Å²) in [7, 11) is -4.01. The Kier molecular flexibility index (Phi) is 5.99. The van der Waals surface area contributed by atoms with Crippen LogP contribution in [0.4, 0.5) is 5.69 Å². The van der Waals surface area contributed by atoms with Crippen LogP contribution in [0.5, 0.6) is 0 Å². The molecule has 144 valence electrons. The van der Waals surface area contributed by atoms with Gasteiger partial charge in [-0.05, 0) is 33.8 Å². The third-order valence-electron chi connectivity index (χ3n) is 4.63. The molecule has 2 unspecified atom stereocenters. The number of benzene rings is 1. The highest BCUT2D eigenvalue weighted by Gasteiger charge is 2.36. The molecule has 1 aliphatic rings. The quantitative estimate of drug-likeness (QED) is 0.463.